The molecule has 2 aromatic rings. The van der Waals surface area contributed by atoms with Crippen molar-refractivity contribution in [2.45, 2.75) is 6.92 Å². The van der Waals surface area contributed by atoms with Crippen LogP contribution in [0, 0.1) is 6.92 Å². The zero-order chi connectivity index (χ0) is 10.7. The van der Waals surface area contributed by atoms with Gasteiger partial charge in [0.25, 0.3) is 0 Å². The van der Waals surface area contributed by atoms with Crippen LogP contribution in [0.3, 0.4) is 0 Å². The molecule has 0 saturated carbocycles. The van der Waals surface area contributed by atoms with E-state index in [4.69, 9.17) is 4.74 Å². The number of aromatic nitrogens is 1. The van der Waals surface area contributed by atoms with Crippen LogP contribution in [0.2, 0.25) is 0 Å². The molecule has 0 aliphatic heterocycles. The molecule has 0 aliphatic rings. The summed E-state index contributed by atoms with van der Waals surface area (Å²) in [5, 5.41) is 0. The monoisotopic (exact) mass is 263 g/mol. The summed E-state index contributed by atoms with van der Waals surface area (Å²) in [6.07, 6.45) is 3.41. The second-order valence-electron chi connectivity index (χ2n) is 3.20. The Hall–Kier alpha value is -1.35. The van der Waals surface area contributed by atoms with Gasteiger partial charge in [-0.05, 0) is 36.8 Å². The third kappa shape index (κ3) is 2.57. The van der Waals surface area contributed by atoms with Crippen LogP contribution >= 0.6 is 15.9 Å². The van der Waals surface area contributed by atoms with Gasteiger partial charge in [-0.1, -0.05) is 22.0 Å². The number of aryl methyl sites for hydroxylation is 1. The van der Waals surface area contributed by atoms with Crippen LogP contribution in [0.25, 0.3) is 0 Å². The second-order valence-corrected chi connectivity index (χ2v) is 4.06. The van der Waals surface area contributed by atoms with Crippen molar-refractivity contribution in [2.75, 3.05) is 0 Å². The van der Waals surface area contributed by atoms with Gasteiger partial charge in [-0.15, -0.1) is 0 Å². The van der Waals surface area contributed by atoms with Gasteiger partial charge in [-0.25, -0.2) is 0 Å². The molecule has 0 N–H and O–H groups in total. The Morgan fingerprint density at radius 3 is 2.73 bits per heavy atom. The molecule has 0 bridgehead atoms. The Kier molecular flexibility index (Phi) is 3.02. The summed E-state index contributed by atoms with van der Waals surface area (Å²) in [6, 6.07) is 9.62. The van der Waals surface area contributed by atoms with Crippen LogP contribution in [0.5, 0.6) is 11.5 Å². The fourth-order valence-corrected chi connectivity index (χ4v) is 1.54. The van der Waals surface area contributed by atoms with Crippen LogP contribution in [0.15, 0.2) is 47.2 Å². The Bertz CT molecular complexity index is 456. The zero-order valence-electron chi connectivity index (χ0n) is 8.27. The second kappa shape index (κ2) is 4.45. The van der Waals surface area contributed by atoms with E-state index < -0.39 is 0 Å². The van der Waals surface area contributed by atoms with Gasteiger partial charge in [0.1, 0.15) is 11.5 Å². The highest BCUT2D eigenvalue weighted by Crippen LogP contribution is 2.25. The van der Waals surface area contributed by atoms with E-state index in [0.717, 1.165) is 16.0 Å². The first-order valence-electron chi connectivity index (χ1n) is 4.60. The van der Waals surface area contributed by atoms with Crippen molar-refractivity contribution in [3.63, 3.8) is 0 Å². The highest BCUT2D eigenvalue weighted by Gasteiger charge is 1.99. The van der Waals surface area contributed by atoms with E-state index in [2.05, 4.69) is 20.9 Å². The SMILES string of the molecule is Cc1ccc(Oc2cccnc2)cc1Br. The maximum Gasteiger partial charge on any atom is 0.145 e. The van der Waals surface area contributed by atoms with Crippen molar-refractivity contribution in [3.05, 3.63) is 52.8 Å². The first-order chi connectivity index (χ1) is 7.25. The van der Waals surface area contributed by atoms with Crippen LogP contribution in [0.1, 0.15) is 5.56 Å². The molecule has 0 radical (unpaired) electrons. The molecule has 76 valence electrons. The zero-order valence-corrected chi connectivity index (χ0v) is 9.86. The van der Waals surface area contributed by atoms with Gasteiger partial charge in [-0.3, -0.25) is 4.98 Å². The molecule has 3 heteroatoms. The van der Waals surface area contributed by atoms with Crippen LogP contribution in [-0.4, -0.2) is 4.98 Å². The number of nitrogens with zero attached hydrogens (tertiary/aromatic N) is 1. The van der Waals surface area contributed by atoms with E-state index in [1.54, 1.807) is 12.4 Å². The van der Waals surface area contributed by atoms with Gasteiger partial charge < -0.3 is 4.74 Å². The first kappa shape index (κ1) is 10.2. The molecule has 0 amide bonds. The average Bonchev–Trinajstić information content (AvgIpc) is 2.25. The Labute approximate surface area is 97.1 Å². The summed E-state index contributed by atoms with van der Waals surface area (Å²) in [5.74, 6) is 1.55. The molecule has 0 aliphatic carbocycles. The Morgan fingerprint density at radius 2 is 2.07 bits per heavy atom. The number of halogens is 1. The summed E-state index contributed by atoms with van der Waals surface area (Å²) in [4.78, 5) is 3.98. The molecule has 2 nitrogen and oxygen atoms in total. The average molecular weight is 264 g/mol. The van der Waals surface area contributed by atoms with Crippen LogP contribution in [-0.2, 0) is 0 Å². The quantitative estimate of drug-likeness (QED) is 0.819. The standard InChI is InChI=1S/C12H10BrNO/c1-9-4-5-10(7-12(9)13)15-11-3-2-6-14-8-11/h2-8H,1H3. The number of ether oxygens (including phenoxy) is 1. The Balaban J connectivity index is 2.22. The van der Waals surface area contributed by atoms with Gasteiger partial charge in [0.15, 0.2) is 0 Å². The first-order valence-corrected chi connectivity index (χ1v) is 5.39. The van der Waals surface area contributed by atoms with E-state index in [9.17, 15) is 0 Å². The summed E-state index contributed by atoms with van der Waals surface area (Å²) in [6.45, 7) is 2.04. The van der Waals surface area contributed by atoms with Gasteiger partial charge in [0.2, 0.25) is 0 Å². The number of hydrogen-bond donors (Lipinski definition) is 0. The van der Waals surface area contributed by atoms with Crippen molar-refractivity contribution < 1.29 is 4.74 Å². The molecule has 1 aromatic heterocycles. The number of pyridine rings is 1. The normalized spacial score (nSPS) is 10.0. The molecule has 0 saturated heterocycles. The largest absolute Gasteiger partial charge is 0.456 e. The highest BCUT2D eigenvalue weighted by atomic mass is 79.9. The molecular weight excluding hydrogens is 254 g/mol. The molecular formula is C12H10BrNO. The summed E-state index contributed by atoms with van der Waals surface area (Å²) < 4.78 is 6.67. The van der Waals surface area contributed by atoms with Gasteiger partial charge in [0.05, 0.1) is 6.20 Å². The lowest BCUT2D eigenvalue weighted by Gasteiger charge is -2.06. The molecule has 2 rings (SSSR count). The molecule has 1 aromatic carbocycles. The lowest BCUT2D eigenvalue weighted by molar-refractivity contribution is 0.480. The van der Waals surface area contributed by atoms with Crippen LogP contribution in [0.4, 0.5) is 0 Å². The highest BCUT2D eigenvalue weighted by molar-refractivity contribution is 9.10. The van der Waals surface area contributed by atoms with E-state index in [0.29, 0.717) is 0 Å². The van der Waals surface area contributed by atoms with Gasteiger partial charge >= 0.3 is 0 Å². The Morgan fingerprint density at radius 1 is 1.20 bits per heavy atom. The van der Waals surface area contributed by atoms with E-state index in [1.807, 2.05) is 37.3 Å². The third-order valence-corrected chi connectivity index (χ3v) is 2.87. The predicted molar refractivity (Wildman–Crippen MR) is 63.2 cm³/mol. The summed E-state index contributed by atoms with van der Waals surface area (Å²) >= 11 is 3.46. The smallest absolute Gasteiger partial charge is 0.145 e. The fourth-order valence-electron chi connectivity index (χ4n) is 1.18. The molecule has 0 unspecified atom stereocenters. The molecule has 0 spiro atoms. The minimum absolute atomic E-state index is 0.744. The van der Waals surface area contributed by atoms with E-state index in [-0.39, 0.29) is 0 Å². The van der Waals surface area contributed by atoms with Crippen LogP contribution < -0.4 is 4.74 Å². The minimum atomic E-state index is 0.744. The maximum atomic E-state index is 5.62. The third-order valence-electron chi connectivity index (χ3n) is 2.01. The lowest BCUT2D eigenvalue weighted by atomic mass is 10.2. The topological polar surface area (TPSA) is 22.1 Å². The fraction of sp³-hybridized carbons (Fsp3) is 0.0833. The minimum Gasteiger partial charge on any atom is -0.456 e. The van der Waals surface area contributed by atoms with E-state index >= 15 is 0 Å². The van der Waals surface area contributed by atoms with Crippen molar-refractivity contribution >= 4 is 15.9 Å². The molecule has 15 heavy (non-hydrogen) atoms. The number of rotatable bonds is 2. The molecule has 0 fully saturated rings. The van der Waals surface area contributed by atoms with Crippen molar-refractivity contribution in [3.8, 4) is 11.5 Å². The maximum absolute atomic E-state index is 5.62. The molecule has 0 atom stereocenters. The summed E-state index contributed by atoms with van der Waals surface area (Å²) in [7, 11) is 0. The summed E-state index contributed by atoms with van der Waals surface area (Å²) in [5.41, 5.74) is 1.19. The predicted octanol–water partition coefficient (Wildman–Crippen LogP) is 3.94. The number of hydrogen-bond acceptors (Lipinski definition) is 2. The van der Waals surface area contributed by atoms with Gasteiger partial charge in [-0.2, -0.15) is 0 Å². The van der Waals surface area contributed by atoms with E-state index in [1.165, 1.54) is 5.56 Å². The van der Waals surface area contributed by atoms with Gasteiger partial charge in [0, 0.05) is 10.7 Å². The number of benzene rings is 1. The molecule has 1 heterocycles. The van der Waals surface area contributed by atoms with Crippen molar-refractivity contribution in [1.82, 2.24) is 4.98 Å². The van der Waals surface area contributed by atoms with Crippen molar-refractivity contribution in [2.24, 2.45) is 0 Å². The lowest BCUT2D eigenvalue weighted by Crippen LogP contribution is -1.85. The van der Waals surface area contributed by atoms with Crippen molar-refractivity contribution in [1.29, 1.82) is 0 Å².